The number of likely N-dealkylation sites (tertiary alicyclic amines) is 1. The Bertz CT molecular complexity index is 418. The van der Waals surface area contributed by atoms with Crippen molar-refractivity contribution in [1.82, 2.24) is 4.90 Å². The Morgan fingerprint density at radius 3 is 2.12 bits per heavy atom. The van der Waals surface area contributed by atoms with E-state index in [-0.39, 0.29) is 5.91 Å². The summed E-state index contributed by atoms with van der Waals surface area (Å²) in [5.74, 6) is 1.24. The SMILES string of the molecule is COc1cc(C(=O)N2CCC2)cc(OC)c1Br. The summed E-state index contributed by atoms with van der Waals surface area (Å²) in [7, 11) is 3.13. The second-order valence-electron chi connectivity index (χ2n) is 3.84. The van der Waals surface area contributed by atoms with E-state index in [2.05, 4.69) is 15.9 Å². The molecule has 5 heteroatoms. The Hall–Kier alpha value is -1.23. The van der Waals surface area contributed by atoms with Crippen LogP contribution in [-0.4, -0.2) is 38.1 Å². The zero-order valence-corrected chi connectivity index (χ0v) is 11.4. The smallest absolute Gasteiger partial charge is 0.254 e. The van der Waals surface area contributed by atoms with Crippen molar-refractivity contribution in [2.24, 2.45) is 0 Å². The van der Waals surface area contributed by atoms with E-state index in [0.29, 0.717) is 17.1 Å². The molecule has 1 aliphatic heterocycles. The molecule has 0 saturated carbocycles. The predicted molar refractivity (Wildman–Crippen MR) is 67.8 cm³/mol. The second kappa shape index (κ2) is 4.96. The summed E-state index contributed by atoms with van der Waals surface area (Å²) in [5.41, 5.74) is 0.599. The van der Waals surface area contributed by atoms with Gasteiger partial charge in [0.1, 0.15) is 16.0 Å². The summed E-state index contributed by atoms with van der Waals surface area (Å²) in [6, 6.07) is 3.46. The number of nitrogens with zero attached hydrogens (tertiary/aromatic N) is 1. The third-order valence-electron chi connectivity index (χ3n) is 2.84. The van der Waals surface area contributed by atoms with Gasteiger partial charge in [0.15, 0.2) is 0 Å². The Balaban J connectivity index is 2.36. The maximum atomic E-state index is 12.1. The fourth-order valence-corrected chi connectivity index (χ4v) is 2.25. The Morgan fingerprint density at radius 1 is 1.24 bits per heavy atom. The highest BCUT2D eigenvalue weighted by molar-refractivity contribution is 9.10. The molecule has 0 aliphatic carbocycles. The molecule has 2 rings (SSSR count). The maximum absolute atomic E-state index is 12.1. The van der Waals surface area contributed by atoms with Crippen LogP contribution in [0.5, 0.6) is 11.5 Å². The van der Waals surface area contributed by atoms with Crippen LogP contribution < -0.4 is 9.47 Å². The van der Waals surface area contributed by atoms with Crippen molar-refractivity contribution in [3.63, 3.8) is 0 Å². The highest BCUT2D eigenvalue weighted by atomic mass is 79.9. The number of carbonyl (C=O) groups is 1. The zero-order chi connectivity index (χ0) is 12.4. The van der Waals surface area contributed by atoms with Crippen molar-refractivity contribution in [1.29, 1.82) is 0 Å². The number of halogens is 1. The first-order valence-corrected chi connectivity index (χ1v) is 6.17. The average molecular weight is 300 g/mol. The molecule has 0 unspecified atom stereocenters. The molecule has 92 valence electrons. The zero-order valence-electron chi connectivity index (χ0n) is 9.83. The normalized spacial score (nSPS) is 14.2. The standard InChI is InChI=1S/C12H14BrNO3/c1-16-9-6-8(7-10(17-2)11(9)13)12(15)14-4-3-5-14/h6-7H,3-5H2,1-2H3. The van der Waals surface area contributed by atoms with E-state index in [0.717, 1.165) is 24.0 Å². The van der Waals surface area contributed by atoms with Crippen molar-refractivity contribution in [3.8, 4) is 11.5 Å². The Labute approximate surface area is 109 Å². The molecular formula is C12H14BrNO3. The number of hydrogen-bond donors (Lipinski definition) is 0. The van der Waals surface area contributed by atoms with E-state index in [1.165, 1.54) is 0 Å². The lowest BCUT2D eigenvalue weighted by molar-refractivity contribution is 0.0651. The van der Waals surface area contributed by atoms with Gasteiger partial charge in [0.2, 0.25) is 0 Å². The summed E-state index contributed by atoms with van der Waals surface area (Å²) in [6.45, 7) is 1.67. The molecule has 1 heterocycles. The van der Waals surface area contributed by atoms with Crippen molar-refractivity contribution < 1.29 is 14.3 Å². The van der Waals surface area contributed by atoms with Gasteiger partial charge in [-0.2, -0.15) is 0 Å². The molecule has 0 aromatic heterocycles. The van der Waals surface area contributed by atoms with E-state index in [1.54, 1.807) is 26.4 Å². The van der Waals surface area contributed by atoms with Gasteiger partial charge in [-0.05, 0) is 34.5 Å². The minimum absolute atomic E-state index is 0.0281. The summed E-state index contributed by atoms with van der Waals surface area (Å²) in [5, 5.41) is 0. The van der Waals surface area contributed by atoms with Gasteiger partial charge in [-0.25, -0.2) is 0 Å². The third-order valence-corrected chi connectivity index (χ3v) is 3.62. The van der Waals surface area contributed by atoms with E-state index >= 15 is 0 Å². The van der Waals surface area contributed by atoms with Gasteiger partial charge in [-0.1, -0.05) is 0 Å². The molecule has 4 nitrogen and oxygen atoms in total. The highest BCUT2D eigenvalue weighted by Gasteiger charge is 2.23. The lowest BCUT2D eigenvalue weighted by atomic mass is 10.1. The highest BCUT2D eigenvalue weighted by Crippen LogP contribution is 2.36. The van der Waals surface area contributed by atoms with Crippen LogP contribution >= 0.6 is 15.9 Å². The van der Waals surface area contributed by atoms with E-state index in [1.807, 2.05) is 4.90 Å². The molecule has 0 atom stereocenters. The van der Waals surface area contributed by atoms with Gasteiger partial charge in [-0.15, -0.1) is 0 Å². The first-order chi connectivity index (χ1) is 8.17. The van der Waals surface area contributed by atoms with Crippen molar-refractivity contribution in [3.05, 3.63) is 22.2 Å². The van der Waals surface area contributed by atoms with Crippen molar-refractivity contribution in [2.45, 2.75) is 6.42 Å². The summed E-state index contributed by atoms with van der Waals surface area (Å²) in [6.07, 6.45) is 1.08. The second-order valence-corrected chi connectivity index (χ2v) is 4.63. The minimum atomic E-state index is 0.0281. The minimum Gasteiger partial charge on any atom is -0.495 e. The van der Waals surface area contributed by atoms with Crippen LogP contribution in [0.25, 0.3) is 0 Å². The Kier molecular flexibility index (Phi) is 3.57. The van der Waals surface area contributed by atoms with Gasteiger partial charge in [0.25, 0.3) is 5.91 Å². The van der Waals surface area contributed by atoms with Crippen LogP contribution in [-0.2, 0) is 0 Å². The summed E-state index contributed by atoms with van der Waals surface area (Å²) >= 11 is 3.38. The molecular weight excluding hydrogens is 286 g/mol. The van der Waals surface area contributed by atoms with Gasteiger partial charge in [-0.3, -0.25) is 4.79 Å². The first-order valence-electron chi connectivity index (χ1n) is 5.38. The van der Waals surface area contributed by atoms with Gasteiger partial charge < -0.3 is 14.4 Å². The fraction of sp³-hybridized carbons (Fsp3) is 0.417. The van der Waals surface area contributed by atoms with E-state index in [9.17, 15) is 4.79 Å². The lowest BCUT2D eigenvalue weighted by Crippen LogP contribution is -2.42. The Morgan fingerprint density at radius 2 is 1.76 bits per heavy atom. The first kappa shape index (κ1) is 12.2. The topological polar surface area (TPSA) is 38.8 Å². The summed E-state index contributed by atoms with van der Waals surface area (Å²) in [4.78, 5) is 13.9. The molecule has 1 fully saturated rings. The van der Waals surface area contributed by atoms with Crippen LogP contribution in [0.3, 0.4) is 0 Å². The van der Waals surface area contributed by atoms with E-state index in [4.69, 9.17) is 9.47 Å². The molecule has 0 N–H and O–H groups in total. The van der Waals surface area contributed by atoms with Crippen LogP contribution in [0.15, 0.2) is 16.6 Å². The molecule has 1 saturated heterocycles. The van der Waals surface area contributed by atoms with Gasteiger partial charge in [0, 0.05) is 18.7 Å². The number of rotatable bonds is 3. The molecule has 1 aromatic carbocycles. The van der Waals surface area contributed by atoms with Crippen molar-refractivity contribution in [2.75, 3.05) is 27.3 Å². The molecule has 0 radical (unpaired) electrons. The number of hydrogen-bond acceptors (Lipinski definition) is 3. The van der Waals surface area contributed by atoms with Crippen molar-refractivity contribution >= 4 is 21.8 Å². The van der Waals surface area contributed by atoms with E-state index < -0.39 is 0 Å². The fourth-order valence-electron chi connectivity index (χ4n) is 1.69. The average Bonchev–Trinajstić information content (AvgIpc) is 2.27. The monoisotopic (exact) mass is 299 g/mol. The van der Waals surface area contributed by atoms with Crippen LogP contribution in [0.4, 0.5) is 0 Å². The molecule has 0 spiro atoms. The molecule has 17 heavy (non-hydrogen) atoms. The van der Waals surface area contributed by atoms with Crippen LogP contribution in [0.2, 0.25) is 0 Å². The quantitative estimate of drug-likeness (QED) is 0.860. The number of methoxy groups -OCH3 is 2. The van der Waals surface area contributed by atoms with Gasteiger partial charge in [0.05, 0.1) is 14.2 Å². The molecule has 1 aromatic rings. The molecule has 0 bridgehead atoms. The summed E-state index contributed by atoms with van der Waals surface area (Å²) < 4.78 is 11.1. The number of ether oxygens (including phenoxy) is 2. The molecule has 1 aliphatic rings. The maximum Gasteiger partial charge on any atom is 0.254 e. The van der Waals surface area contributed by atoms with Gasteiger partial charge >= 0.3 is 0 Å². The largest absolute Gasteiger partial charge is 0.495 e. The predicted octanol–water partition coefficient (Wildman–Crippen LogP) is 2.31. The number of benzene rings is 1. The van der Waals surface area contributed by atoms with Crippen LogP contribution in [0.1, 0.15) is 16.8 Å². The number of carbonyl (C=O) groups excluding carboxylic acids is 1. The number of amides is 1. The third kappa shape index (κ3) is 2.24. The molecule has 1 amide bonds. The van der Waals surface area contributed by atoms with Crippen LogP contribution in [0, 0.1) is 0 Å². The lowest BCUT2D eigenvalue weighted by Gasteiger charge is -2.31.